The fourth-order valence-corrected chi connectivity index (χ4v) is 5.04. The van der Waals surface area contributed by atoms with E-state index in [0.29, 0.717) is 12.0 Å². The van der Waals surface area contributed by atoms with Gasteiger partial charge in [-0.25, -0.2) is 8.96 Å². The molecule has 38 heavy (non-hydrogen) atoms. The van der Waals surface area contributed by atoms with Gasteiger partial charge in [-0.15, -0.1) is 0 Å². The van der Waals surface area contributed by atoms with Crippen molar-refractivity contribution in [2.75, 3.05) is 6.61 Å². The largest absolute Gasteiger partial charge is 0.469 e. The molecule has 218 valence electrons. The summed E-state index contributed by atoms with van der Waals surface area (Å²) in [4.78, 5) is 18.1. The minimum Gasteiger partial charge on any atom is -0.371 e. The molecule has 0 fully saturated rings. The van der Waals surface area contributed by atoms with Crippen molar-refractivity contribution in [3.63, 3.8) is 0 Å². The Bertz CT molecular complexity index is 810. The molecule has 0 spiro atoms. The number of rotatable bonds is 25. The summed E-state index contributed by atoms with van der Waals surface area (Å²) < 4.78 is 35.2. The van der Waals surface area contributed by atoms with Crippen molar-refractivity contribution < 1.29 is 28.0 Å². The molecule has 1 aromatic carbocycles. The van der Waals surface area contributed by atoms with E-state index in [1.165, 1.54) is 102 Å². The van der Waals surface area contributed by atoms with Crippen LogP contribution in [-0.4, -0.2) is 22.5 Å². The lowest BCUT2D eigenvalue weighted by Gasteiger charge is -2.18. The lowest BCUT2D eigenvalue weighted by atomic mass is 10.0. The Hall–Kier alpha value is -1.29. The van der Waals surface area contributed by atoms with Crippen LogP contribution in [0.15, 0.2) is 18.2 Å². The van der Waals surface area contributed by atoms with Crippen LogP contribution in [0, 0.1) is 17.1 Å². The second-order valence-electron chi connectivity index (χ2n) is 10.5. The molecule has 0 saturated heterocycles. The van der Waals surface area contributed by atoms with Gasteiger partial charge in [0, 0.05) is 0 Å². The van der Waals surface area contributed by atoms with E-state index in [4.69, 9.17) is 19.8 Å². The van der Waals surface area contributed by atoms with Gasteiger partial charge in [0.25, 0.3) is 0 Å². The summed E-state index contributed by atoms with van der Waals surface area (Å²) in [6.45, 7) is 2.07. The van der Waals surface area contributed by atoms with Gasteiger partial charge < -0.3 is 14.5 Å². The number of phosphoric acid groups is 1. The molecular weight excluding hydrogens is 504 g/mol. The second kappa shape index (κ2) is 22.5. The van der Waals surface area contributed by atoms with E-state index < -0.39 is 19.7 Å². The molecule has 1 rings (SSSR count). The highest BCUT2D eigenvalue weighted by atomic mass is 31.2. The molecule has 2 N–H and O–H groups in total. The monoisotopic (exact) mass is 555 g/mol. The third-order valence-electron chi connectivity index (χ3n) is 6.88. The lowest BCUT2D eigenvalue weighted by Crippen LogP contribution is -2.19. The van der Waals surface area contributed by atoms with Gasteiger partial charge in [-0.1, -0.05) is 122 Å². The summed E-state index contributed by atoms with van der Waals surface area (Å²) in [5.41, 5.74) is 0.704. The van der Waals surface area contributed by atoms with E-state index in [1.807, 2.05) is 6.07 Å². The molecule has 1 aromatic rings. The number of halogens is 1. The number of nitriles is 1. The minimum atomic E-state index is -4.60. The summed E-state index contributed by atoms with van der Waals surface area (Å²) in [6, 6.07) is 5.89. The van der Waals surface area contributed by atoms with Gasteiger partial charge in [-0.05, 0) is 30.2 Å². The first-order valence-electron chi connectivity index (χ1n) is 14.8. The molecule has 0 bridgehead atoms. The molecule has 6 nitrogen and oxygen atoms in total. The van der Waals surface area contributed by atoms with E-state index in [1.54, 1.807) is 6.07 Å². The van der Waals surface area contributed by atoms with Crippen LogP contribution in [0.5, 0.6) is 0 Å². The van der Waals surface area contributed by atoms with Crippen molar-refractivity contribution in [1.29, 1.82) is 5.26 Å². The van der Waals surface area contributed by atoms with Crippen LogP contribution >= 0.6 is 7.82 Å². The topological polar surface area (TPSA) is 99.8 Å². The minimum absolute atomic E-state index is 0.0423. The van der Waals surface area contributed by atoms with Crippen LogP contribution in [0.25, 0.3) is 0 Å². The summed E-state index contributed by atoms with van der Waals surface area (Å²) in [7, 11) is -4.60. The molecule has 0 heterocycles. The molecule has 0 radical (unpaired) electrons. The van der Waals surface area contributed by atoms with Crippen molar-refractivity contribution in [1.82, 2.24) is 0 Å². The normalized spacial score (nSPS) is 12.5. The Morgan fingerprint density at radius 3 is 1.74 bits per heavy atom. The van der Waals surface area contributed by atoms with E-state index in [0.717, 1.165) is 25.3 Å². The molecule has 0 aromatic heterocycles. The average Bonchev–Trinajstić information content (AvgIpc) is 2.88. The number of benzene rings is 1. The van der Waals surface area contributed by atoms with E-state index in [9.17, 15) is 8.96 Å². The van der Waals surface area contributed by atoms with Gasteiger partial charge in [0.05, 0.1) is 31.0 Å². The Labute approximate surface area is 230 Å². The lowest BCUT2D eigenvalue weighted by molar-refractivity contribution is -0.00383. The SMILES string of the molecule is CCCCCCCCCCCCCCCCCCCC[C@H](COP(=O)(O)O)OCc1cc(F)cc(C#N)c1. The Kier molecular flexibility index (Phi) is 20.6. The highest BCUT2D eigenvalue weighted by Gasteiger charge is 2.19. The van der Waals surface area contributed by atoms with Crippen LogP contribution in [0.3, 0.4) is 0 Å². The molecule has 0 unspecified atom stereocenters. The Morgan fingerprint density at radius 1 is 0.816 bits per heavy atom. The quantitative estimate of drug-likeness (QED) is 0.0922. The zero-order valence-electron chi connectivity index (χ0n) is 23.6. The van der Waals surface area contributed by atoms with Crippen LogP contribution in [-0.2, 0) is 20.4 Å². The third kappa shape index (κ3) is 20.6. The summed E-state index contributed by atoms with van der Waals surface area (Å²) >= 11 is 0. The van der Waals surface area contributed by atoms with Gasteiger partial charge >= 0.3 is 7.82 Å². The predicted octanol–water partition coefficient (Wildman–Crippen LogP) is 9.12. The molecule has 0 aliphatic rings. The fourth-order valence-electron chi connectivity index (χ4n) is 4.68. The predicted molar refractivity (Wildman–Crippen MR) is 151 cm³/mol. The van der Waals surface area contributed by atoms with Crippen LogP contribution in [0.1, 0.15) is 140 Å². The first-order chi connectivity index (χ1) is 18.3. The highest BCUT2D eigenvalue weighted by Crippen LogP contribution is 2.36. The molecule has 1 atom stereocenters. The smallest absolute Gasteiger partial charge is 0.371 e. The maximum Gasteiger partial charge on any atom is 0.469 e. The summed E-state index contributed by atoms with van der Waals surface area (Å²) in [6.07, 6.45) is 23.4. The van der Waals surface area contributed by atoms with Crippen LogP contribution in [0.2, 0.25) is 0 Å². The fraction of sp³-hybridized carbons (Fsp3) is 0.767. The average molecular weight is 556 g/mol. The summed E-state index contributed by atoms with van der Waals surface area (Å²) in [5, 5.41) is 8.99. The van der Waals surface area contributed by atoms with Gasteiger partial charge in [-0.3, -0.25) is 4.52 Å². The van der Waals surface area contributed by atoms with Gasteiger partial charge in [0.2, 0.25) is 0 Å². The Morgan fingerprint density at radius 2 is 1.29 bits per heavy atom. The van der Waals surface area contributed by atoms with E-state index in [2.05, 4.69) is 11.4 Å². The van der Waals surface area contributed by atoms with E-state index >= 15 is 0 Å². The Balaban J connectivity index is 2.09. The van der Waals surface area contributed by atoms with Gasteiger partial charge in [0.15, 0.2) is 0 Å². The van der Waals surface area contributed by atoms with Crippen molar-refractivity contribution >= 4 is 7.82 Å². The third-order valence-corrected chi connectivity index (χ3v) is 7.37. The number of phosphoric ester groups is 1. The molecule has 0 saturated carbocycles. The van der Waals surface area contributed by atoms with Crippen LogP contribution in [0.4, 0.5) is 4.39 Å². The molecule has 0 amide bonds. The molecule has 8 heteroatoms. The number of hydrogen-bond acceptors (Lipinski definition) is 4. The number of unbranched alkanes of at least 4 members (excludes halogenated alkanes) is 17. The maximum absolute atomic E-state index is 13.6. The van der Waals surface area contributed by atoms with Crippen molar-refractivity contribution in [3.8, 4) is 6.07 Å². The summed E-state index contributed by atoms with van der Waals surface area (Å²) in [5.74, 6) is -0.519. The second-order valence-corrected chi connectivity index (χ2v) is 11.7. The van der Waals surface area contributed by atoms with Gasteiger partial charge in [0.1, 0.15) is 5.82 Å². The number of ether oxygens (including phenoxy) is 1. The van der Waals surface area contributed by atoms with Crippen molar-refractivity contribution in [2.24, 2.45) is 0 Å². The maximum atomic E-state index is 13.6. The first-order valence-corrected chi connectivity index (χ1v) is 16.4. The van der Waals surface area contributed by atoms with Crippen molar-refractivity contribution in [2.45, 2.75) is 142 Å². The van der Waals surface area contributed by atoms with Crippen LogP contribution < -0.4 is 0 Å². The first kappa shape index (κ1) is 34.7. The molecular formula is C30H51FNO5P. The molecule has 0 aliphatic heterocycles. The van der Waals surface area contributed by atoms with Gasteiger partial charge in [-0.2, -0.15) is 5.26 Å². The standard InChI is InChI=1S/C30H51FNO5P/c1-2-3-4-5-6-7-8-9-10-11-12-13-14-15-16-17-18-19-20-30(26-37-38(33,34)35)36-25-28-21-27(24-32)22-29(31)23-28/h21-23,30H,2-20,25-26H2,1H3,(H2,33,34,35)/t30-/m1/s1. The number of hydrogen-bond donors (Lipinski definition) is 2. The van der Waals surface area contributed by atoms with E-state index in [-0.39, 0.29) is 18.8 Å². The zero-order chi connectivity index (χ0) is 27.9. The van der Waals surface area contributed by atoms with Crippen molar-refractivity contribution in [3.05, 3.63) is 35.1 Å². The number of nitrogens with zero attached hydrogens (tertiary/aromatic N) is 1. The highest BCUT2D eigenvalue weighted by molar-refractivity contribution is 7.46. The molecule has 0 aliphatic carbocycles. The zero-order valence-corrected chi connectivity index (χ0v) is 24.4.